The average molecular weight is 304 g/mol. The van der Waals surface area contributed by atoms with E-state index >= 15 is 0 Å². The Balaban J connectivity index is 1.86. The number of carbonyl (C=O) groups is 1. The Bertz CT molecular complexity index is 680. The second-order valence-corrected chi connectivity index (χ2v) is 6.68. The molecule has 3 N–H and O–H groups in total. The number of methoxy groups -OCH3 is 1. The Morgan fingerprint density at radius 1 is 1.43 bits per heavy atom. The number of anilines is 1. The summed E-state index contributed by atoms with van der Waals surface area (Å²) in [6.07, 6.45) is 3.17. The van der Waals surface area contributed by atoms with Crippen LogP contribution in [0.15, 0.2) is 18.2 Å². The number of thiophene rings is 1. The Kier molecular flexibility index (Phi) is 3.87. The van der Waals surface area contributed by atoms with Gasteiger partial charge in [0, 0.05) is 17.2 Å². The van der Waals surface area contributed by atoms with Gasteiger partial charge in [0.15, 0.2) is 0 Å². The number of ether oxygens (including phenoxy) is 1. The van der Waals surface area contributed by atoms with Gasteiger partial charge in [-0.2, -0.15) is 0 Å². The van der Waals surface area contributed by atoms with Gasteiger partial charge in [-0.25, -0.2) is 0 Å². The van der Waals surface area contributed by atoms with E-state index < -0.39 is 0 Å². The summed E-state index contributed by atoms with van der Waals surface area (Å²) in [7, 11) is 1.70. The number of hydrogen-bond acceptors (Lipinski definition) is 4. The highest BCUT2D eigenvalue weighted by molar-refractivity contribution is 7.21. The van der Waals surface area contributed by atoms with Crippen LogP contribution in [0.3, 0.4) is 0 Å². The minimum absolute atomic E-state index is 0.0831. The fourth-order valence-corrected chi connectivity index (χ4v) is 4.01. The maximum Gasteiger partial charge on any atom is 0.263 e. The lowest BCUT2D eigenvalue weighted by atomic mass is 10.1. The molecule has 1 aliphatic rings. The fraction of sp³-hybridized carbons (Fsp3) is 0.438. The van der Waals surface area contributed by atoms with Crippen molar-refractivity contribution >= 4 is 33.0 Å². The highest BCUT2D eigenvalue weighted by atomic mass is 32.1. The van der Waals surface area contributed by atoms with Gasteiger partial charge < -0.3 is 15.8 Å². The van der Waals surface area contributed by atoms with Gasteiger partial charge in [0.1, 0.15) is 4.88 Å². The predicted molar refractivity (Wildman–Crippen MR) is 86.9 cm³/mol. The molecular formula is C16H20N2O2S. The number of benzene rings is 1. The van der Waals surface area contributed by atoms with Crippen molar-refractivity contribution in [2.45, 2.75) is 38.3 Å². The van der Waals surface area contributed by atoms with E-state index in [4.69, 9.17) is 10.5 Å². The molecule has 0 spiro atoms. The van der Waals surface area contributed by atoms with Gasteiger partial charge in [-0.05, 0) is 38.3 Å². The number of nitrogens with one attached hydrogen (secondary N) is 1. The smallest absolute Gasteiger partial charge is 0.263 e. The summed E-state index contributed by atoms with van der Waals surface area (Å²) in [4.78, 5) is 13.1. The van der Waals surface area contributed by atoms with E-state index in [2.05, 4.69) is 5.32 Å². The monoisotopic (exact) mass is 304 g/mol. The molecule has 0 bridgehead atoms. The molecule has 5 heteroatoms. The van der Waals surface area contributed by atoms with Crippen LogP contribution in [0.1, 0.15) is 34.5 Å². The summed E-state index contributed by atoms with van der Waals surface area (Å²) < 4.78 is 6.48. The number of fused-ring (bicyclic) bond motifs is 1. The summed E-state index contributed by atoms with van der Waals surface area (Å²) >= 11 is 1.46. The van der Waals surface area contributed by atoms with Crippen molar-refractivity contribution in [1.82, 2.24) is 5.32 Å². The van der Waals surface area contributed by atoms with Crippen LogP contribution in [0.2, 0.25) is 0 Å². The summed E-state index contributed by atoms with van der Waals surface area (Å²) in [5.74, 6) is -0.0831. The zero-order chi connectivity index (χ0) is 15.0. The summed E-state index contributed by atoms with van der Waals surface area (Å²) in [5.41, 5.74) is 7.90. The van der Waals surface area contributed by atoms with Crippen molar-refractivity contribution in [3.05, 3.63) is 28.6 Å². The lowest BCUT2D eigenvalue weighted by Crippen LogP contribution is -2.40. The number of aryl methyl sites for hydroxylation is 1. The van der Waals surface area contributed by atoms with Crippen LogP contribution < -0.4 is 11.1 Å². The van der Waals surface area contributed by atoms with Crippen LogP contribution in [0, 0.1) is 6.92 Å². The molecule has 21 heavy (non-hydrogen) atoms. The zero-order valence-electron chi connectivity index (χ0n) is 12.3. The molecule has 1 aromatic carbocycles. The highest BCUT2D eigenvalue weighted by Crippen LogP contribution is 2.34. The van der Waals surface area contributed by atoms with Gasteiger partial charge in [-0.15, -0.1) is 11.3 Å². The van der Waals surface area contributed by atoms with Gasteiger partial charge in [-0.1, -0.05) is 11.6 Å². The first kappa shape index (κ1) is 14.4. The van der Waals surface area contributed by atoms with E-state index in [0.29, 0.717) is 10.6 Å². The van der Waals surface area contributed by atoms with E-state index in [1.807, 2.05) is 25.1 Å². The van der Waals surface area contributed by atoms with Gasteiger partial charge in [0.05, 0.1) is 17.8 Å². The number of carbonyl (C=O) groups excluding carboxylic acids is 1. The summed E-state index contributed by atoms with van der Waals surface area (Å²) in [5, 5.41) is 4.05. The summed E-state index contributed by atoms with van der Waals surface area (Å²) in [6, 6.07) is 6.19. The Morgan fingerprint density at radius 3 is 3.00 bits per heavy atom. The lowest BCUT2D eigenvalue weighted by Gasteiger charge is -2.19. The average Bonchev–Trinajstić information content (AvgIpc) is 3.04. The minimum Gasteiger partial charge on any atom is -0.397 e. The van der Waals surface area contributed by atoms with E-state index in [1.54, 1.807) is 7.11 Å². The van der Waals surface area contributed by atoms with Gasteiger partial charge in [0.2, 0.25) is 0 Å². The van der Waals surface area contributed by atoms with Gasteiger partial charge >= 0.3 is 0 Å². The molecule has 1 saturated carbocycles. The number of rotatable bonds is 3. The quantitative estimate of drug-likeness (QED) is 0.916. The molecule has 4 nitrogen and oxygen atoms in total. The van der Waals surface area contributed by atoms with Crippen LogP contribution in [0.4, 0.5) is 5.69 Å². The Hall–Kier alpha value is -1.59. The molecule has 0 saturated heterocycles. The van der Waals surface area contributed by atoms with Crippen molar-refractivity contribution in [2.75, 3.05) is 12.8 Å². The topological polar surface area (TPSA) is 64.3 Å². The van der Waals surface area contributed by atoms with Gasteiger partial charge in [-0.3, -0.25) is 4.79 Å². The van der Waals surface area contributed by atoms with Crippen molar-refractivity contribution in [1.29, 1.82) is 0 Å². The second kappa shape index (κ2) is 5.66. The first-order valence-electron chi connectivity index (χ1n) is 7.22. The number of nitrogens with two attached hydrogens (primary N) is 1. The molecule has 2 atom stereocenters. The van der Waals surface area contributed by atoms with E-state index in [9.17, 15) is 4.79 Å². The van der Waals surface area contributed by atoms with Crippen molar-refractivity contribution in [3.8, 4) is 0 Å². The van der Waals surface area contributed by atoms with Crippen LogP contribution in [0.5, 0.6) is 0 Å². The first-order chi connectivity index (χ1) is 10.1. The summed E-state index contributed by atoms with van der Waals surface area (Å²) in [6.45, 7) is 2.03. The number of nitrogen functional groups attached to an aromatic ring is 1. The van der Waals surface area contributed by atoms with E-state index in [1.165, 1.54) is 11.3 Å². The molecule has 1 aromatic heterocycles. The van der Waals surface area contributed by atoms with Crippen LogP contribution in [-0.4, -0.2) is 25.2 Å². The third-order valence-electron chi connectivity index (χ3n) is 4.16. The van der Waals surface area contributed by atoms with Gasteiger partial charge in [0.25, 0.3) is 5.91 Å². The molecule has 3 rings (SSSR count). The van der Waals surface area contributed by atoms with E-state index in [0.717, 1.165) is 34.9 Å². The molecule has 1 amide bonds. The maximum absolute atomic E-state index is 12.5. The predicted octanol–water partition coefficient (Wildman–Crippen LogP) is 3.09. The van der Waals surface area contributed by atoms with Crippen molar-refractivity contribution in [3.63, 3.8) is 0 Å². The molecule has 2 unspecified atom stereocenters. The number of amides is 1. The molecule has 1 heterocycles. The van der Waals surface area contributed by atoms with E-state index in [-0.39, 0.29) is 18.1 Å². The lowest BCUT2D eigenvalue weighted by molar-refractivity contribution is 0.0725. The molecule has 0 radical (unpaired) electrons. The molecule has 112 valence electrons. The second-order valence-electron chi connectivity index (χ2n) is 5.63. The van der Waals surface area contributed by atoms with Crippen molar-refractivity contribution in [2.24, 2.45) is 0 Å². The standard InChI is InChI=1S/C16H20N2O2S/c1-9-6-7-13-10(8-9)14(17)15(21-13)16(19)18-11-4-3-5-12(11)20-2/h6-8,11-12H,3-5,17H2,1-2H3,(H,18,19). The van der Waals surface area contributed by atoms with Crippen LogP contribution in [0.25, 0.3) is 10.1 Å². The zero-order valence-corrected chi connectivity index (χ0v) is 13.1. The van der Waals surface area contributed by atoms with Crippen molar-refractivity contribution < 1.29 is 9.53 Å². The molecule has 1 fully saturated rings. The molecular weight excluding hydrogens is 284 g/mol. The number of hydrogen-bond donors (Lipinski definition) is 2. The SMILES string of the molecule is COC1CCCC1NC(=O)c1sc2ccc(C)cc2c1N. The minimum atomic E-state index is -0.0831. The molecule has 1 aliphatic carbocycles. The Morgan fingerprint density at radius 2 is 2.24 bits per heavy atom. The fourth-order valence-electron chi connectivity index (χ4n) is 3.01. The third kappa shape index (κ3) is 2.63. The third-order valence-corrected chi connectivity index (χ3v) is 5.35. The maximum atomic E-state index is 12.5. The normalized spacial score (nSPS) is 21.8. The Labute approximate surface area is 128 Å². The largest absolute Gasteiger partial charge is 0.397 e. The first-order valence-corrected chi connectivity index (χ1v) is 8.04. The van der Waals surface area contributed by atoms with Crippen LogP contribution in [-0.2, 0) is 4.74 Å². The van der Waals surface area contributed by atoms with Crippen LogP contribution >= 0.6 is 11.3 Å². The molecule has 2 aromatic rings. The highest BCUT2D eigenvalue weighted by Gasteiger charge is 2.29. The molecule has 0 aliphatic heterocycles.